The van der Waals surface area contributed by atoms with Gasteiger partial charge in [0.15, 0.2) is 5.82 Å². The van der Waals surface area contributed by atoms with E-state index in [0.717, 1.165) is 5.56 Å². The number of amides is 1. The molecule has 10 heteroatoms. The van der Waals surface area contributed by atoms with Crippen molar-refractivity contribution in [2.24, 2.45) is 0 Å². The molecule has 1 aliphatic heterocycles. The van der Waals surface area contributed by atoms with Gasteiger partial charge in [0.1, 0.15) is 6.10 Å². The maximum Gasteiger partial charge on any atom is 0.419 e. The second-order valence-corrected chi connectivity index (χ2v) is 7.46. The van der Waals surface area contributed by atoms with E-state index in [9.17, 15) is 18.0 Å². The van der Waals surface area contributed by atoms with E-state index in [2.05, 4.69) is 19.9 Å². The summed E-state index contributed by atoms with van der Waals surface area (Å²) in [6, 6.07) is 7.00. The lowest BCUT2D eigenvalue weighted by Crippen LogP contribution is -2.44. The number of hydrogen-bond acceptors (Lipinski definition) is 6. The average Bonchev–Trinajstić information content (AvgIpc) is 2.79. The highest BCUT2D eigenvalue weighted by Gasteiger charge is 2.32. The molecule has 3 aromatic rings. The van der Waals surface area contributed by atoms with Gasteiger partial charge in [-0.1, -0.05) is 12.1 Å². The van der Waals surface area contributed by atoms with E-state index < -0.39 is 17.8 Å². The number of likely N-dealkylation sites (tertiary alicyclic amines) is 1. The number of halogens is 3. The Kier molecular flexibility index (Phi) is 6.02. The number of aryl methyl sites for hydroxylation is 1. The van der Waals surface area contributed by atoms with Gasteiger partial charge in [0.05, 0.1) is 17.7 Å². The third-order valence-corrected chi connectivity index (χ3v) is 5.19. The van der Waals surface area contributed by atoms with Gasteiger partial charge in [0.25, 0.3) is 5.91 Å². The first-order valence-corrected chi connectivity index (χ1v) is 10.0. The standard InChI is InChI=1S/C22H20F3N5O2/c1-14-5-2-7-17(18(14)19-26-8-4-9-27-19)20(31)30-10-3-6-16(13-30)32-21-28-11-15(12-29-21)22(23,24)25/h2,4-5,7-9,11-12,16H,3,6,10,13H2,1H3. The van der Waals surface area contributed by atoms with Crippen molar-refractivity contribution in [3.05, 3.63) is 65.7 Å². The molecule has 1 amide bonds. The van der Waals surface area contributed by atoms with E-state index in [1.807, 2.05) is 19.1 Å². The van der Waals surface area contributed by atoms with Gasteiger partial charge < -0.3 is 9.64 Å². The normalized spacial score (nSPS) is 16.6. The summed E-state index contributed by atoms with van der Waals surface area (Å²) in [7, 11) is 0. The van der Waals surface area contributed by atoms with Crippen LogP contribution in [0.5, 0.6) is 6.01 Å². The fourth-order valence-corrected chi connectivity index (χ4v) is 3.63. The summed E-state index contributed by atoms with van der Waals surface area (Å²) < 4.78 is 43.7. The molecule has 0 bridgehead atoms. The van der Waals surface area contributed by atoms with E-state index in [1.54, 1.807) is 29.4 Å². The quantitative estimate of drug-likeness (QED) is 0.608. The molecule has 4 rings (SSSR count). The summed E-state index contributed by atoms with van der Waals surface area (Å²) in [6.07, 6.45) is 0.998. The number of carbonyl (C=O) groups is 1. The van der Waals surface area contributed by atoms with Crippen LogP contribution in [0.15, 0.2) is 49.1 Å². The molecule has 7 nitrogen and oxygen atoms in total. The SMILES string of the molecule is Cc1cccc(C(=O)N2CCCC(Oc3ncc(C(F)(F)F)cn3)C2)c1-c1ncccn1. The van der Waals surface area contributed by atoms with E-state index in [0.29, 0.717) is 48.7 Å². The fourth-order valence-electron chi connectivity index (χ4n) is 3.63. The smallest absolute Gasteiger partial charge is 0.419 e. The van der Waals surface area contributed by atoms with Gasteiger partial charge in [-0.15, -0.1) is 0 Å². The molecular formula is C22H20F3N5O2. The van der Waals surface area contributed by atoms with Gasteiger partial charge in [-0.05, 0) is 37.5 Å². The van der Waals surface area contributed by atoms with Crippen LogP contribution in [-0.2, 0) is 6.18 Å². The molecular weight excluding hydrogens is 423 g/mol. The molecule has 3 heterocycles. The molecule has 166 valence electrons. The van der Waals surface area contributed by atoms with E-state index in [1.165, 1.54) is 0 Å². The molecule has 1 aliphatic rings. The number of carbonyl (C=O) groups excluding carboxylic acids is 1. The molecule has 2 aromatic heterocycles. The Morgan fingerprint density at radius 1 is 1.09 bits per heavy atom. The summed E-state index contributed by atoms with van der Waals surface area (Å²) in [6.45, 7) is 2.70. The third-order valence-electron chi connectivity index (χ3n) is 5.19. The molecule has 0 aliphatic carbocycles. The Morgan fingerprint density at radius 2 is 1.81 bits per heavy atom. The largest absolute Gasteiger partial charge is 0.458 e. The van der Waals surface area contributed by atoms with Crippen LogP contribution in [0, 0.1) is 6.92 Å². The number of aromatic nitrogens is 4. The van der Waals surface area contributed by atoms with E-state index >= 15 is 0 Å². The van der Waals surface area contributed by atoms with Gasteiger partial charge in [-0.3, -0.25) is 4.79 Å². The summed E-state index contributed by atoms with van der Waals surface area (Å²) >= 11 is 0. The zero-order valence-electron chi connectivity index (χ0n) is 17.2. The van der Waals surface area contributed by atoms with Gasteiger partial charge in [0, 0.05) is 36.9 Å². The summed E-state index contributed by atoms with van der Waals surface area (Å²) in [5.74, 6) is 0.287. The highest BCUT2D eigenvalue weighted by Crippen LogP contribution is 2.29. The van der Waals surface area contributed by atoms with Crippen LogP contribution in [0.2, 0.25) is 0 Å². The van der Waals surface area contributed by atoms with Crippen molar-refractivity contribution in [3.63, 3.8) is 0 Å². The maximum atomic E-state index is 13.4. The number of benzene rings is 1. The highest BCUT2D eigenvalue weighted by atomic mass is 19.4. The van der Waals surface area contributed by atoms with Gasteiger partial charge in [-0.25, -0.2) is 19.9 Å². The zero-order chi connectivity index (χ0) is 22.7. The molecule has 1 atom stereocenters. The monoisotopic (exact) mass is 443 g/mol. The molecule has 1 saturated heterocycles. The van der Waals surface area contributed by atoms with E-state index in [4.69, 9.17) is 4.74 Å². The minimum Gasteiger partial charge on any atom is -0.458 e. The van der Waals surface area contributed by atoms with Crippen molar-refractivity contribution in [1.29, 1.82) is 0 Å². The molecule has 0 saturated carbocycles. The fraction of sp³-hybridized carbons (Fsp3) is 0.318. The first-order chi connectivity index (χ1) is 15.3. The second-order valence-electron chi connectivity index (χ2n) is 7.46. The molecule has 1 fully saturated rings. The Hall–Kier alpha value is -3.56. The summed E-state index contributed by atoms with van der Waals surface area (Å²) in [4.78, 5) is 30.9. The molecule has 0 radical (unpaired) electrons. The van der Waals surface area contributed by atoms with Crippen molar-refractivity contribution < 1.29 is 22.7 Å². The highest BCUT2D eigenvalue weighted by molar-refractivity contribution is 6.00. The lowest BCUT2D eigenvalue weighted by molar-refractivity contribution is -0.138. The molecule has 0 N–H and O–H groups in total. The van der Waals surface area contributed by atoms with Crippen LogP contribution >= 0.6 is 0 Å². The van der Waals surface area contributed by atoms with Crippen LogP contribution in [0.3, 0.4) is 0 Å². The number of alkyl halides is 3. The van der Waals surface area contributed by atoms with Crippen molar-refractivity contribution in [3.8, 4) is 17.4 Å². The number of hydrogen-bond donors (Lipinski definition) is 0. The van der Waals surface area contributed by atoms with Crippen LogP contribution in [-0.4, -0.2) is 49.9 Å². The topological polar surface area (TPSA) is 81.1 Å². The summed E-state index contributed by atoms with van der Waals surface area (Å²) in [5, 5.41) is 0. The maximum absolute atomic E-state index is 13.4. The van der Waals surface area contributed by atoms with Crippen molar-refractivity contribution in [2.75, 3.05) is 13.1 Å². The number of piperidine rings is 1. The first kappa shape index (κ1) is 21.7. The zero-order valence-corrected chi connectivity index (χ0v) is 17.2. The Balaban J connectivity index is 1.51. The van der Waals surface area contributed by atoms with Crippen molar-refractivity contribution in [2.45, 2.75) is 32.0 Å². The van der Waals surface area contributed by atoms with Crippen LogP contribution < -0.4 is 4.74 Å². The van der Waals surface area contributed by atoms with Gasteiger partial charge in [0.2, 0.25) is 0 Å². The van der Waals surface area contributed by atoms with Crippen LogP contribution in [0.25, 0.3) is 11.4 Å². The molecule has 1 unspecified atom stereocenters. The predicted molar refractivity (Wildman–Crippen MR) is 109 cm³/mol. The second kappa shape index (κ2) is 8.89. The lowest BCUT2D eigenvalue weighted by atomic mass is 9.98. The summed E-state index contributed by atoms with van der Waals surface area (Å²) in [5.41, 5.74) is 1.10. The predicted octanol–water partition coefficient (Wildman–Crippen LogP) is 3.94. The Labute approximate surface area is 182 Å². The number of rotatable bonds is 4. The van der Waals surface area contributed by atoms with Crippen molar-refractivity contribution >= 4 is 5.91 Å². The minimum absolute atomic E-state index is 0.147. The molecule has 0 spiro atoms. The van der Waals surface area contributed by atoms with E-state index in [-0.39, 0.29) is 18.5 Å². The molecule has 1 aromatic carbocycles. The van der Waals surface area contributed by atoms with Crippen molar-refractivity contribution in [1.82, 2.24) is 24.8 Å². The van der Waals surface area contributed by atoms with Crippen LogP contribution in [0.1, 0.15) is 34.3 Å². The van der Waals surface area contributed by atoms with Crippen LogP contribution in [0.4, 0.5) is 13.2 Å². The lowest BCUT2D eigenvalue weighted by Gasteiger charge is -2.33. The Bertz CT molecular complexity index is 1090. The average molecular weight is 443 g/mol. The minimum atomic E-state index is -4.51. The third kappa shape index (κ3) is 4.68. The number of ether oxygens (including phenoxy) is 1. The van der Waals surface area contributed by atoms with Gasteiger partial charge >= 0.3 is 12.2 Å². The first-order valence-electron chi connectivity index (χ1n) is 10.0. The Morgan fingerprint density at radius 3 is 2.50 bits per heavy atom. The number of nitrogens with zero attached hydrogens (tertiary/aromatic N) is 5. The van der Waals surface area contributed by atoms with Gasteiger partial charge in [-0.2, -0.15) is 13.2 Å². The molecule has 32 heavy (non-hydrogen) atoms.